The Balaban J connectivity index is 0.000000113. The first-order valence-corrected chi connectivity index (χ1v) is 50.1. The number of aliphatic hydroxyl groups excluding tert-OH is 3. The molecular weight excluding hydrogens is 1840 g/mol. The first-order chi connectivity index (χ1) is 71.5. The van der Waals surface area contributed by atoms with Crippen LogP contribution in [0.15, 0.2) is 286 Å². The van der Waals surface area contributed by atoms with Crippen LogP contribution in [0.2, 0.25) is 0 Å². The Morgan fingerprint density at radius 1 is 0.238 bits per heavy atom. The molecule has 24 rings (SSSR count). The lowest BCUT2D eigenvalue weighted by molar-refractivity contribution is 0.125. The molecule has 7 aromatic carbocycles. The van der Waals surface area contributed by atoms with Crippen LogP contribution >= 0.6 is 0 Å². The summed E-state index contributed by atoms with van der Waals surface area (Å²) < 4.78 is 18.6. The van der Waals surface area contributed by atoms with Crippen molar-refractivity contribution in [2.24, 2.45) is 0 Å². The maximum absolute atomic E-state index is 9.69. The molecular formula is C115H126N28O4. The second-order valence-electron chi connectivity index (χ2n) is 37.7. The zero-order chi connectivity index (χ0) is 102. The number of nitrogens with one attached hydrogen (secondary N) is 7. The van der Waals surface area contributed by atoms with E-state index in [1.54, 1.807) is 7.11 Å². The normalized spacial score (nSPS) is 15.8. The number of methoxy groups -OCH3 is 1. The van der Waals surface area contributed by atoms with Crippen molar-refractivity contribution in [3.63, 3.8) is 0 Å². The molecule has 0 bridgehead atoms. The molecule has 147 heavy (non-hydrogen) atoms. The molecule has 14 heterocycles. The molecule has 10 N–H and O–H groups in total. The van der Waals surface area contributed by atoms with E-state index >= 15 is 0 Å². The quantitative estimate of drug-likeness (QED) is 0.0381. The fourth-order valence-corrected chi connectivity index (χ4v) is 18.7. The first-order valence-electron chi connectivity index (χ1n) is 50.1. The summed E-state index contributed by atoms with van der Waals surface area (Å²) in [5.74, 6) is 6.78. The molecule has 0 atom stereocenters. The molecule has 3 aliphatic carbocycles. The SMILES string of the molecule is CNc1ccc2ncc(-c3ccc(C)cc3)n2n1.CNc1ccc2ncc(-c3cccc(C)c3)n2n1.CNc1ccc2ncc(-c3cccc(C)c3)n2n1.CNc1ccc2ncc(-c3ccccc3C)n2n1.COc1c(C)cc(-c2cnc3ccc(NC4CCC(O)CC4)nn23)cc1C.Cc1ccc(-c2cnc3ccc(NC4CCC(O)CC4)nn23)cc1.Cc1cccc(-c2cnc3ccc(NC4CCC(O)CC4)nn23)c1. The molecule has 0 amide bonds. The Hall–Kier alpha value is -16.8. The Kier molecular flexibility index (Phi) is 31.5. The molecule has 0 unspecified atom stereocenters. The second-order valence-corrected chi connectivity index (χ2v) is 37.7. The van der Waals surface area contributed by atoms with Crippen LogP contribution in [0.1, 0.15) is 122 Å². The summed E-state index contributed by atoms with van der Waals surface area (Å²) in [5.41, 5.74) is 30.3. The number of hydrogen-bond donors (Lipinski definition) is 10. The fourth-order valence-electron chi connectivity index (χ4n) is 18.7. The van der Waals surface area contributed by atoms with Crippen molar-refractivity contribution in [3.05, 3.63) is 331 Å². The van der Waals surface area contributed by atoms with Crippen molar-refractivity contribution < 1.29 is 20.1 Å². The molecule has 3 aliphatic rings. The summed E-state index contributed by atoms with van der Waals surface area (Å²) in [6, 6.07) is 82.8. The Labute approximate surface area is 854 Å². The number of rotatable bonds is 18. The number of aromatic nitrogens is 21. The van der Waals surface area contributed by atoms with Crippen molar-refractivity contribution >= 4 is 80.3 Å². The van der Waals surface area contributed by atoms with Gasteiger partial charge in [-0.15, -0.1) is 35.7 Å². The minimum absolute atomic E-state index is 0.139. The van der Waals surface area contributed by atoms with Gasteiger partial charge < -0.3 is 57.3 Å². The highest BCUT2D eigenvalue weighted by atomic mass is 16.5. The maximum Gasteiger partial charge on any atom is 0.154 e. The average molecular weight is 1960 g/mol. The average Bonchev–Trinajstić information content (AvgIpc) is 1.66. The lowest BCUT2D eigenvalue weighted by atomic mass is 9.93. The second kappa shape index (κ2) is 46.3. The van der Waals surface area contributed by atoms with Gasteiger partial charge in [0.2, 0.25) is 0 Å². The molecule has 0 aliphatic heterocycles. The van der Waals surface area contributed by atoms with Crippen molar-refractivity contribution in [1.29, 1.82) is 0 Å². The summed E-state index contributed by atoms with van der Waals surface area (Å²) in [4.78, 5) is 30.9. The van der Waals surface area contributed by atoms with Gasteiger partial charge in [-0.3, -0.25) is 0 Å². The highest BCUT2D eigenvalue weighted by Crippen LogP contribution is 2.35. The van der Waals surface area contributed by atoms with Gasteiger partial charge in [0.15, 0.2) is 39.5 Å². The van der Waals surface area contributed by atoms with Crippen molar-refractivity contribution in [2.75, 3.05) is 72.5 Å². The van der Waals surface area contributed by atoms with E-state index in [2.05, 4.69) is 281 Å². The smallest absolute Gasteiger partial charge is 0.154 e. The maximum atomic E-state index is 9.69. The monoisotopic (exact) mass is 1960 g/mol. The Morgan fingerprint density at radius 3 is 0.762 bits per heavy atom. The molecule has 32 nitrogen and oxygen atoms in total. The number of hydrogen-bond acceptors (Lipinski definition) is 25. The third-order valence-corrected chi connectivity index (χ3v) is 26.7. The van der Waals surface area contributed by atoms with Gasteiger partial charge in [0.1, 0.15) is 46.5 Å². The van der Waals surface area contributed by atoms with Crippen molar-refractivity contribution in [2.45, 2.75) is 169 Å². The van der Waals surface area contributed by atoms with Gasteiger partial charge in [0, 0.05) is 85.3 Å². The lowest BCUT2D eigenvalue weighted by Gasteiger charge is -2.26. The van der Waals surface area contributed by atoms with Gasteiger partial charge in [0.25, 0.3) is 0 Å². The number of fused-ring (bicyclic) bond motifs is 7. The molecule has 3 saturated carbocycles. The van der Waals surface area contributed by atoms with Crippen LogP contribution in [0, 0.1) is 55.4 Å². The van der Waals surface area contributed by atoms with Crippen LogP contribution in [0.25, 0.3) is 118 Å². The van der Waals surface area contributed by atoms with Crippen LogP contribution < -0.4 is 42.0 Å². The zero-order valence-electron chi connectivity index (χ0n) is 85.2. The molecule has 32 heteroatoms. The van der Waals surface area contributed by atoms with Gasteiger partial charge in [-0.2, -0.15) is 0 Å². The van der Waals surface area contributed by atoms with Crippen LogP contribution in [-0.4, -0.2) is 189 Å². The molecule has 14 aromatic heterocycles. The first kappa shape index (κ1) is 100. The third-order valence-electron chi connectivity index (χ3n) is 26.7. The largest absolute Gasteiger partial charge is 0.496 e. The summed E-state index contributed by atoms with van der Waals surface area (Å²) >= 11 is 0. The molecule has 0 radical (unpaired) electrons. The van der Waals surface area contributed by atoms with E-state index in [4.69, 9.17) is 20.0 Å². The predicted molar refractivity (Wildman–Crippen MR) is 587 cm³/mol. The van der Waals surface area contributed by atoms with E-state index in [0.29, 0.717) is 18.1 Å². The molecule has 0 spiro atoms. The summed E-state index contributed by atoms with van der Waals surface area (Å²) in [6.07, 6.45) is 23.6. The lowest BCUT2D eigenvalue weighted by Crippen LogP contribution is -2.28. The Bertz CT molecular complexity index is 7910. The molecule has 750 valence electrons. The molecule has 0 saturated heterocycles. The minimum atomic E-state index is -0.153. The standard InChI is InChI=1S/C21H26N4O2.2C19H22N4O.4C14H14N4/c1-13-10-15(11-14(2)21(13)27-3)18-12-22-20-9-8-19(24-25(18)20)23-16-4-6-17(26)7-5-16;1-13-2-4-14(5-3-13)17-12-20-19-11-10-18(22-23(17)19)21-15-6-8-16(24)9-7-15;1-13-3-2-4-14(11-13)17-12-20-19-10-9-18(22-23(17)19)21-15-5-7-16(24)8-6-15;1-10-3-5-11(6-4-10)12-9-16-14-8-7-13(15-2)17-18(12)14;2*1-10-4-3-5-11(8-10)12-9-16-14-7-6-13(15-2)17-18(12)14;1-10-5-3-4-6-11(10)12-9-16-14-8-7-13(15-2)17-18(12)14/h8-12,16-17,26H,4-7H2,1-3H3,(H,23,24);2-5,10-12,15-16,24H,6-9H2,1H3,(H,21,22);2-4,9-12,15-16,24H,5-8H2,1H3,(H,21,22);4*3-9H,1-2H3,(H,15,17). The van der Waals surface area contributed by atoms with E-state index in [-0.39, 0.29) is 18.3 Å². The highest BCUT2D eigenvalue weighted by molar-refractivity contribution is 5.73. The van der Waals surface area contributed by atoms with Gasteiger partial charge >= 0.3 is 0 Å². The van der Waals surface area contributed by atoms with Crippen molar-refractivity contribution in [1.82, 2.24) is 102 Å². The zero-order valence-corrected chi connectivity index (χ0v) is 85.2. The summed E-state index contributed by atoms with van der Waals surface area (Å²) in [6.45, 7) is 16.6. The van der Waals surface area contributed by atoms with Gasteiger partial charge in [0.05, 0.1) is 109 Å². The fraction of sp³-hybridized carbons (Fsp3) is 0.270. The van der Waals surface area contributed by atoms with Gasteiger partial charge in [-0.25, -0.2) is 66.5 Å². The summed E-state index contributed by atoms with van der Waals surface area (Å²) in [5, 5.41) is 83.9. The topological polar surface area (TPSA) is 365 Å². The number of ether oxygens (including phenoxy) is 1. The number of benzene rings is 7. The van der Waals surface area contributed by atoms with E-state index in [9.17, 15) is 15.3 Å². The van der Waals surface area contributed by atoms with E-state index in [1.807, 2.05) is 212 Å². The van der Waals surface area contributed by atoms with Crippen LogP contribution in [0.5, 0.6) is 5.75 Å². The minimum Gasteiger partial charge on any atom is -0.496 e. The van der Waals surface area contributed by atoms with Gasteiger partial charge in [-0.1, -0.05) is 155 Å². The van der Waals surface area contributed by atoms with E-state index in [0.717, 1.165) is 253 Å². The third kappa shape index (κ3) is 24.1. The van der Waals surface area contributed by atoms with Crippen LogP contribution in [0.4, 0.5) is 40.7 Å². The predicted octanol–water partition coefficient (Wildman–Crippen LogP) is 21.6. The molecule has 3 fully saturated rings. The van der Waals surface area contributed by atoms with Crippen LogP contribution in [0.3, 0.4) is 0 Å². The number of nitrogens with zero attached hydrogens (tertiary/aromatic N) is 21. The number of anilines is 7. The summed E-state index contributed by atoms with van der Waals surface area (Å²) in [7, 11) is 9.14. The van der Waals surface area contributed by atoms with E-state index < -0.39 is 0 Å². The van der Waals surface area contributed by atoms with Gasteiger partial charge in [-0.05, 0) is 264 Å². The van der Waals surface area contributed by atoms with Crippen LogP contribution in [-0.2, 0) is 0 Å². The highest BCUT2D eigenvalue weighted by Gasteiger charge is 2.25. The van der Waals surface area contributed by atoms with E-state index in [1.165, 1.54) is 33.4 Å². The number of imidazole rings is 7. The van der Waals surface area contributed by atoms with Crippen molar-refractivity contribution in [3.8, 4) is 84.6 Å². The molecule has 21 aromatic rings. The number of aliphatic hydroxyl groups is 3. The number of aryl methyl sites for hydroxylation is 8. The Morgan fingerprint density at radius 2 is 0.490 bits per heavy atom.